The van der Waals surface area contributed by atoms with Crippen molar-refractivity contribution in [3.05, 3.63) is 17.5 Å². The van der Waals surface area contributed by atoms with Gasteiger partial charge in [0.15, 0.2) is 5.82 Å². The summed E-state index contributed by atoms with van der Waals surface area (Å²) in [6, 6.07) is 0.607. The van der Waals surface area contributed by atoms with Crippen LogP contribution in [0.2, 0.25) is 5.02 Å². The first-order valence-electron chi connectivity index (χ1n) is 5.63. The maximum Gasteiger partial charge on any atom is 0.150 e. The van der Waals surface area contributed by atoms with E-state index in [4.69, 9.17) is 11.6 Å². The second-order valence-corrected chi connectivity index (χ2v) is 4.56. The SMILES string of the molecule is CCN(C)C1CCN(c2ncncc2Cl)C1. The summed E-state index contributed by atoms with van der Waals surface area (Å²) in [6.45, 7) is 5.28. The van der Waals surface area contributed by atoms with Gasteiger partial charge in [-0.3, -0.25) is 0 Å². The van der Waals surface area contributed by atoms with E-state index in [0.29, 0.717) is 11.1 Å². The number of anilines is 1. The minimum absolute atomic E-state index is 0.607. The summed E-state index contributed by atoms with van der Waals surface area (Å²) in [5.74, 6) is 0.865. The molecule has 5 heteroatoms. The van der Waals surface area contributed by atoms with Crippen LogP contribution in [0.15, 0.2) is 12.5 Å². The Morgan fingerprint density at radius 1 is 1.62 bits per heavy atom. The van der Waals surface area contributed by atoms with Crippen LogP contribution < -0.4 is 4.90 Å². The molecule has 1 unspecified atom stereocenters. The molecule has 1 aromatic heterocycles. The lowest BCUT2D eigenvalue weighted by molar-refractivity contribution is 0.272. The fourth-order valence-electron chi connectivity index (χ4n) is 2.09. The molecule has 0 saturated carbocycles. The van der Waals surface area contributed by atoms with Gasteiger partial charge >= 0.3 is 0 Å². The predicted molar refractivity (Wildman–Crippen MR) is 66.0 cm³/mol. The summed E-state index contributed by atoms with van der Waals surface area (Å²) in [5, 5.41) is 0.641. The van der Waals surface area contributed by atoms with E-state index in [0.717, 1.165) is 25.5 Å². The summed E-state index contributed by atoms with van der Waals surface area (Å²) in [6.07, 6.45) is 4.38. The maximum absolute atomic E-state index is 6.09. The second kappa shape index (κ2) is 4.97. The molecule has 0 aromatic carbocycles. The lowest BCUT2D eigenvalue weighted by atomic mass is 10.2. The van der Waals surface area contributed by atoms with E-state index < -0.39 is 0 Å². The summed E-state index contributed by atoms with van der Waals surface area (Å²) in [7, 11) is 2.16. The number of hydrogen-bond donors (Lipinski definition) is 0. The van der Waals surface area contributed by atoms with E-state index in [1.165, 1.54) is 6.42 Å². The maximum atomic E-state index is 6.09. The molecule has 88 valence electrons. The standard InChI is InChI=1S/C11H17ClN4/c1-3-15(2)9-4-5-16(7-9)11-10(12)6-13-8-14-11/h6,8-9H,3-5,7H2,1-2H3. The molecule has 0 radical (unpaired) electrons. The Morgan fingerprint density at radius 2 is 2.44 bits per heavy atom. The van der Waals surface area contributed by atoms with Crippen LogP contribution in [-0.4, -0.2) is 47.6 Å². The van der Waals surface area contributed by atoms with E-state index in [2.05, 4.69) is 33.7 Å². The molecule has 1 aliphatic heterocycles. The number of halogens is 1. The van der Waals surface area contributed by atoms with Gasteiger partial charge in [-0.15, -0.1) is 0 Å². The molecule has 0 spiro atoms. The molecule has 1 aliphatic rings. The highest BCUT2D eigenvalue weighted by atomic mass is 35.5. The molecule has 4 nitrogen and oxygen atoms in total. The normalized spacial score (nSPS) is 20.8. The van der Waals surface area contributed by atoms with Crippen LogP contribution >= 0.6 is 11.6 Å². The van der Waals surface area contributed by atoms with Crippen molar-refractivity contribution in [1.82, 2.24) is 14.9 Å². The van der Waals surface area contributed by atoms with Gasteiger partial charge in [-0.2, -0.15) is 0 Å². The van der Waals surface area contributed by atoms with Crippen molar-refractivity contribution in [1.29, 1.82) is 0 Å². The average Bonchev–Trinajstić information content (AvgIpc) is 2.78. The minimum atomic E-state index is 0.607. The van der Waals surface area contributed by atoms with Crippen LogP contribution in [-0.2, 0) is 0 Å². The van der Waals surface area contributed by atoms with Crippen LogP contribution in [0.4, 0.5) is 5.82 Å². The molecule has 2 heterocycles. The third kappa shape index (κ3) is 2.28. The lowest BCUT2D eigenvalue weighted by Gasteiger charge is -2.23. The number of nitrogens with zero attached hydrogens (tertiary/aromatic N) is 4. The van der Waals surface area contributed by atoms with Gasteiger partial charge in [0.2, 0.25) is 0 Å². The number of rotatable bonds is 3. The quantitative estimate of drug-likeness (QED) is 0.805. The van der Waals surface area contributed by atoms with Gasteiger partial charge in [-0.1, -0.05) is 18.5 Å². The fourth-order valence-corrected chi connectivity index (χ4v) is 2.32. The van der Waals surface area contributed by atoms with Crippen LogP contribution in [0.25, 0.3) is 0 Å². The molecule has 1 atom stereocenters. The Labute approximate surface area is 101 Å². The number of likely N-dealkylation sites (N-methyl/N-ethyl adjacent to an activating group) is 1. The Hall–Kier alpha value is -0.870. The first kappa shape index (κ1) is 11.6. The Bertz CT molecular complexity index is 358. The largest absolute Gasteiger partial charge is 0.354 e. The van der Waals surface area contributed by atoms with Crippen molar-refractivity contribution < 1.29 is 0 Å². The van der Waals surface area contributed by atoms with E-state index in [-0.39, 0.29) is 0 Å². The number of hydrogen-bond acceptors (Lipinski definition) is 4. The smallest absolute Gasteiger partial charge is 0.150 e. The molecule has 2 rings (SSSR count). The van der Waals surface area contributed by atoms with E-state index >= 15 is 0 Å². The molecule has 0 amide bonds. The summed E-state index contributed by atoms with van der Waals surface area (Å²) < 4.78 is 0. The van der Waals surface area contributed by atoms with E-state index in [1.54, 1.807) is 12.5 Å². The zero-order valence-electron chi connectivity index (χ0n) is 9.73. The van der Waals surface area contributed by atoms with Gasteiger partial charge < -0.3 is 9.80 Å². The van der Waals surface area contributed by atoms with Crippen LogP contribution in [0, 0.1) is 0 Å². The molecule has 16 heavy (non-hydrogen) atoms. The van der Waals surface area contributed by atoms with Crippen molar-refractivity contribution in [2.45, 2.75) is 19.4 Å². The molecule has 1 aromatic rings. The lowest BCUT2D eigenvalue weighted by Crippen LogP contribution is -2.34. The molecule has 1 saturated heterocycles. The van der Waals surface area contributed by atoms with Crippen molar-refractivity contribution in [2.24, 2.45) is 0 Å². The highest BCUT2D eigenvalue weighted by Gasteiger charge is 2.26. The highest BCUT2D eigenvalue weighted by molar-refractivity contribution is 6.32. The van der Waals surface area contributed by atoms with Crippen molar-refractivity contribution in [2.75, 3.05) is 31.6 Å². The molecule has 1 fully saturated rings. The Morgan fingerprint density at radius 3 is 3.12 bits per heavy atom. The Balaban J connectivity index is 2.06. The van der Waals surface area contributed by atoms with Gasteiger partial charge in [0.05, 0.1) is 6.20 Å². The predicted octanol–water partition coefficient (Wildman–Crippen LogP) is 1.66. The molecule has 0 aliphatic carbocycles. The van der Waals surface area contributed by atoms with Crippen molar-refractivity contribution >= 4 is 17.4 Å². The van der Waals surface area contributed by atoms with E-state index in [1.807, 2.05) is 0 Å². The van der Waals surface area contributed by atoms with Crippen LogP contribution in [0.3, 0.4) is 0 Å². The summed E-state index contributed by atoms with van der Waals surface area (Å²) in [5.41, 5.74) is 0. The molecular weight excluding hydrogens is 224 g/mol. The first-order valence-corrected chi connectivity index (χ1v) is 6.01. The topological polar surface area (TPSA) is 32.3 Å². The Kier molecular flexibility index (Phi) is 3.61. The van der Waals surface area contributed by atoms with Crippen LogP contribution in [0.5, 0.6) is 0 Å². The number of aromatic nitrogens is 2. The molecular formula is C11H17ClN4. The average molecular weight is 241 g/mol. The van der Waals surface area contributed by atoms with Crippen molar-refractivity contribution in [3.63, 3.8) is 0 Å². The van der Waals surface area contributed by atoms with E-state index in [9.17, 15) is 0 Å². The van der Waals surface area contributed by atoms with Crippen LogP contribution in [0.1, 0.15) is 13.3 Å². The first-order chi connectivity index (χ1) is 7.72. The monoisotopic (exact) mass is 240 g/mol. The fraction of sp³-hybridized carbons (Fsp3) is 0.636. The third-order valence-corrected chi connectivity index (χ3v) is 3.50. The van der Waals surface area contributed by atoms with Gasteiger partial charge in [0.1, 0.15) is 11.3 Å². The van der Waals surface area contributed by atoms with Gasteiger partial charge in [-0.05, 0) is 20.0 Å². The summed E-state index contributed by atoms with van der Waals surface area (Å²) >= 11 is 6.09. The van der Waals surface area contributed by atoms with Gasteiger partial charge in [0, 0.05) is 19.1 Å². The molecule has 0 bridgehead atoms. The second-order valence-electron chi connectivity index (χ2n) is 4.16. The highest BCUT2D eigenvalue weighted by Crippen LogP contribution is 2.26. The van der Waals surface area contributed by atoms with Gasteiger partial charge in [-0.25, -0.2) is 9.97 Å². The van der Waals surface area contributed by atoms with Gasteiger partial charge in [0.25, 0.3) is 0 Å². The third-order valence-electron chi connectivity index (χ3n) is 3.23. The van der Waals surface area contributed by atoms with Crippen molar-refractivity contribution in [3.8, 4) is 0 Å². The minimum Gasteiger partial charge on any atom is -0.354 e. The molecule has 0 N–H and O–H groups in total. The summed E-state index contributed by atoms with van der Waals surface area (Å²) in [4.78, 5) is 12.8. The zero-order valence-corrected chi connectivity index (χ0v) is 10.5. The zero-order chi connectivity index (χ0) is 11.5.